The summed E-state index contributed by atoms with van der Waals surface area (Å²) in [4.78, 5) is 32.6. The fourth-order valence-corrected chi connectivity index (χ4v) is 2.19. The standard InChI is InChI=1S/C9H13N4O4P/c10-8(14)7-5-13-6(2-4-18(15,16)17)1-3-11-9(13)12-7/h2,4-6H,1,3H2,(H2,10,14)(H,11,12)(H2,15,16,17)/b4-2+. The summed E-state index contributed by atoms with van der Waals surface area (Å²) in [5, 5.41) is 2.98. The maximum Gasteiger partial charge on any atom is 0.348 e. The number of hydrogen-bond donors (Lipinski definition) is 4. The molecule has 9 heteroatoms. The number of fused-ring (bicyclic) bond motifs is 1. The molecule has 8 nitrogen and oxygen atoms in total. The molecule has 1 amide bonds. The lowest BCUT2D eigenvalue weighted by molar-refractivity contribution is 0.0996. The van der Waals surface area contributed by atoms with E-state index in [4.69, 9.17) is 15.5 Å². The lowest BCUT2D eigenvalue weighted by atomic mass is 10.2. The van der Waals surface area contributed by atoms with Crippen LogP contribution in [0.15, 0.2) is 18.1 Å². The maximum atomic E-state index is 11.0. The fourth-order valence-electron chi connectivity index (χ4n) is 1.77. The normalized spacial score (nSPS) is 19.6. The van der Waals surface area contributed by atoms with E-state index in [9.17, 15) is 9.36 Å². The van der Waals surface area contributed by atoms with Gasteiger partial charge in [0.15, 0.2) is 0 Å². The number of imidazole rings is 1. The van der Waals surface area contributed by atoms with Crippen LogP contribution >= 0.6 is 7.60 Å². The molecule has 0 radical (unpaired) electrons. The van der Waals surface area contributed by atoms with Gasteiger partial charge in [0, 0.05) is 18.6 Å². The van der Waals surface area contributed by atoms with Crippen LogP contribution in [-0.2, 0) is 4.57 Å². The smallest absolute Gasteiger partial charge is 0.348 e. The van der Waals surface area contributed by atoms with E-state index in [1.165, 1.54) is 12.3 Å². The molecule has 0 aliphatic carbocycles. The number of primary amides is 1. The SMILES string of the molecule is NC(=O)c1cn2c(n1)NCCC2/C=C/P(=O)(O)O. The third-order valence-electron chi connectivity index (χ3n) is 2.57. The molecule has 0 bridgehead atoms. The Morgan fingerprint density at radius 2 is 2.39 bits per heavy atom. The van der Waals surface area contributed by atoms with Crippen molar-refractivity contribution < 1.29 is 19.1 Å². The number of rotatable bonds is 3. The molecule has 1 aromatic rings. The number of aromatic nitrogens is 2. The summed E-state index contributed by atoms with van der Waals surface area (Å²) in [6, 6.07) is -0.255. The molecular formula is C9H13N4O4P. The van der Waals surface area contributed by atoms with Crippen LogP contribution in [-0.4, -0.2) is 31.8 Å². The van der Waals surface area contributed by atoms with Crippen molar-refractivity contribution in [3.8, 4) is 0 Å². The van der Waals surface area contributed by atoms with Crippen LogP contribution < -0.4 is 11.1 Å². The van der Waals surface area contributed by atoms with Gasteiger partial charge in [-0.05, 0) is 6.42 Å². The second-order valence-corrected chi connectivity index (χ2v) is 5.41. The lowest BCUT2D eigenvalue weighted by Gasteiger charge is -2.23. The van der Waals surface area contributed by atoms with Gasteiger partial charge in [-0.3, -0.25) is 9.36 Å². The number of carbonyl (C=O) groups excluding carboxylic acids is 1. The second-order valence-electron chi connectivity index (χ2n) is 3.93. The van der Waals surface area contributed by atoms with Crippen LogP contribution in [0.4, 0.5) is 5.95 Å². The van der Waals surface area contributed by atoms with E-state index in [0.717, 1.165) is 5.82 Å². The zero-order valence-electron chi connectivity index (χ0n) is 9.35. The van der Waals surface area contributed by atoms with Gasteiger partial charge in [-0.2, -0.15) is 0 Å². The molecule has 18 heavy (non-hydrogen) atoms. The van der Waals surface area contributed by atoms with Crippen molar-refractivity contribution in [1.29, 1.82) is 0 Å². The number of carbonyl (C=O) groups is 1. The average Bonchev–Trinajstić information content (AvgIpc) is 2.69. The monoisotopic (exact) mass is 272 g/mol. The van der Waals surface area contributed by atoms with Gasteiger partial charge in [-0.25, -0.2) is 4.98 Å². The molecule has 98 valence electrons. The first-order valence-electron chi connectivity index (χ1n) is 5.24. The molecule has 0 fully saturated rings. The molecule has 0 spiro atoms. The Kier molecular flexibility index (Phi) is 3.25. The highest BCUT2D eigenvalue weighted by Gasteiger charge is 2.21. The average molecular weight is 272 g/mol. The number of anilines is 1. The van der Waals surface area contributed by atoms with E-state index >= 15 is 0 Å². The minimum atomic E-state index is -4.18. The Morgan fingerprint density at radius 1 is 1.67 bits per heavy atom. The van der Waals surface area contributed by atoms with Crippen molar-refractivity contribution in [2.75, 3.05) is 11.9 Å². The highest BCUT2D eigenvalue weighted by atomic mass is 31.2. The van der Waals surface area contributed by atoms with Gasteiger partial charge in [0.05, 0.1) is 6.04 Å². The highest BCUT2D eigenvalue weighted by Crippen LogP contribution is 2.38. The van der Waals surface area contributed by atoms with Gasteiger partial charge in [0.1, 0.15) is 5.69 Å². The molecule has 2 heterocycles. The van der Waals surface area contributed by atoms with Gasteiger partial charge in [-0.1, -0.05) is 6.08 Å². The van der Waals surface area contributed by atoms with E-state index < -0.39 is 13.5 Å². The minimum Gasteiger partial charge on any atom is -0.364 e. The summed E-state index contributed by atoms with van der Waals surface area (Å²) in [5.74, 6) is 0.684. The highest BCUT2D eigenvalue weighted by molar-refractivity contribution is 7.55. The zero-order valence-corrected chi connectivity index (χ0v) is 10.2. The third kappa shape index (κ3) is 2.79. The number of nitrogens with one attached hydrogen (secondary N) is 1. The first-order valence-corrected chi connectivity index (χ1v) is 6.92. The molecule has 0 saturated heterocycles. The molecule has 1 atom stereocenters. The van der Waals surface area contributed by atoms with Crippen LogP contribution in [0, 0.1) is 0 Å². The Bertz CT molecular complexity index is 547. The summed E-state index contributed by atoms with van der Waals surface area (Å²) >= 11 is 0. The summed E-state index contributed by atoms with van der Waals surface area (Å²) < 4.78 is 12.4. The number of nitrogens with two attached hydrogens (primary N) is 1. The summed E-state index contributed by atoms with van der Waals surface area (Å²) in [7, 11) is -4.18. The first-order chi connectivity index (χ1) is 8.37. The maximum absolute atomic E-state index is 11.0. The molecule has 1 aliphatic heterocycles. The van der Waals surface area contributed by atoms with Gasteiger partial charge in [-0.15, -0.1) is 0 Å². The lowest BCUT2D eigenvalue weighted by Crippen LogP contribution is -2.21. The number of allylic oxidation sites excluding steroid dienone is 1. The van der Waals surface area contributed by atoms with Crippen molar-refractivity contribution in [2.24, 2.45) is 5.73 Å². The predicted octanol–water partition coefficient (Wildman–Crippen LogP) is 0.0301. The molecule has 0 saturated carbocycles. The minimum absolute atomic E-state index is 0.119. The van der Waals surface area contributed by atoms with E-state index in [0.29, 0.717) is 18.9 Å². The van der Waals surface area contributed by atoms with Gasteiger partial charge in [0.2, 0.25) is 5.95 Å². The van der Waals surface area contributed by atoms with Crippen LogP contribution in [0.3, 0.4) is 0 Å². The fraction of sp³-hybridized carbons (Fsp3) is 0.333. The molecule has 0 aromatic carbocycles. The second kappa shape index (κ2) is 4.56. The Labute approximate surface area is 103 Å². The van der Waals surface area contributed by atoms with Gasteiger partial charge in [0.25, 0.3) is 5.91 Å². The molecule has 2 rings (SSSR count). The topological polar surface area (TPSA) is 130 Å². The zero-order chi connectivity index (χ0) is 13.3. The van der Waals surface area contributed by atoms with E-state index in [-0.39, 0.29) is 11.7 Å². The Hall–Kier alpha value is -1.63. The Morgan fingerprint density at radius 3 is 3.00 bits per heavy atom. The van der Waals surface area contributed by atoms with Crippen molar-refractivity contribution in [3.05, 3.63) is 23.8 Å². The molecule has 1 aromatic heterocycles. The number of amides is 1. The Balaban J connectivity index is 2.30. The molecule has 5 N–H and O–H groups in total. The van der Waals surface area contributed by atoms with Crippen LogP contribution in [0.5, 0.6) is 0 Å². The van der Waals surface area contributed by atoms with Gasteiger partial charge < -0.3 is 25.4 Å². The predicted molar refractivity (Wildman–Crippen MR) is 64.1 cm³/mol. The van der Waals surface area contributed by atoms with E-state index in [1.54, 1.807) is 4.57 Å². The van der Waals surface area contributed by atoms with Crippen LogP contribution in [0.2, 0.25) is 0 Å². The van der Waals surface area contributed by atoms with Crippen molar-refractivity contribution in [2.45, 2.75) is 12.5 Å². The van der Waals surface area contributed by atoms with Crippen molar-refractivity contribution in [1.82, 2.24) is 9.55 Å². The third-order valence-corrected chi connectivity index (χ3v) is 3.13. The summed E-state index contributed by atoms with van der Waals surface area (Å²) in [5.41, 5.74) is 5.25. The number of nitrogens with zero attached hydrogens (tertiary/aromatic N) is 2. The summed E-state index contributed by atoms with van der Waals surface area (Å²) in [6.07, 6.45) is 3.52. The molecular weight excluding hydrogens is 259 g/mol. The van der Waals surface area contributed by atoms with Crippen molar-refractivity contribution in [3.63, 3.8) is 0 Å². The van der Waals surface area contributed by atoms with Crippen molar-refractivity contribution >= 4 is 19.5 Å². The van der Waals surface area contributed by atoms with Crippen LogP contribution in [0.25, 0.3) is 0 Å². The first kappa shape index (κ1) is 12.8. The van der Waals surface area contributed by atoms with Crippen LogP contribution in [0.1, 0.15) is 23.0 Å². The number of hydrogen-bond acceptors (Lipinski definition) is 4. The summed E-state index contributed by atoms with van der Waals surface area (Å²) in [6.45, 7) is 0.603. The van der Waals surface area contributed by atoms with E-state index in [1.807, 2.05) is 0 Å². The quantitative estimate of drug-likeness (QED) is 0.574. The van der Waals surface area contributed by atoms with Gasteiger partial charge >= 0.3 is 7.60 Å². The molecule has 1 aliphatic rings. The largest absolute Gasteiger partial charge is 0.364 e. The molecule has 1 unspecified atom stereocenters. The van der Waals surface area contributed by atoms with E-state index in [2.05, 4.69) is 10.3 Å².